The van der Waals surface area contributed by atoms with Crippen LogP contribution in [0.5, 0.6) is 0 Å². The number of benzene rings is 2. The van der Waals surface area contributed by atoms with Crippen molar-refractivity contribution in [3.8, 4) is 0 Å². The second kappa shape index (κ2) is 9.50. The molecule has 1 aliphatic rings. The lowest BCUT2D eigenvalue weighted by Crippen LogP contribution is -2.52. The lowest BCUT2D eigenvalue weighted by molar-refractivity contribution is 0.185. The average Bonchev–Trinajstić information content (AvgIpc) is 2.72. The van der Waals surface area contributed by atoms with Crippen molar-refractivity contribution in [1.82, 2.24) is 10.2 Å². The number of piperazine rings is 1. The summed E-state index contributed by atoms with van der Waals surface area (Å²) in [7, 11) is 3.44. The highest BCUT2D eigenvalue weighted by Gasteiger charge is 2.22. The third kappa shape index (κ3) is 4.98. The van der Waals surface area contributed by atoms with Gasteiger partial charge in [0.05, 0.1) is 12.3 Å². The highest BCUT2D eigenvalue weighted by molar-refractivity contribution is 5.80. The van der Waals surface area contributed by atoms with E-state index in [1.807, 2.05) is 4.90 Å². The standard InChI is InChI=1S/C21H26F2N4O/c1-24-21(25-14-16-3-5-17(6-4-16)15-28-2)27-11-9-26(10-12-27)20-13-18(22)7-8-19(20)23/h3-8,13H,9-12,14-15H2,1-2H3,(H,24,25). The second-order valence-electron chi connectivity index (χ2n) is 6.72. The molecule has 0 amide bonds. The maximum atomic E-state index is 14.0. The second-order valence-corrected chi connectivity index (χ2v) is 6.72. The topological polar surface area (TPSA) is 40.1 Å². The molecule has 28 heavy (non-hydrogen) atoms. The van der Waals surface area contributed by atoms with Crippen LogP contribution in [0.1, 0.15) is 11.1 Å². The Morgan fingerprint density at radius 1 is 1.04 bits per heavy atom. The molecule has 0 unspecified atom stereocenters. The SMILES string of the molecule is CN=C(NCc1ccc(COC)cc1)N1CCN(c2cc(F)ccc2F)CC1. The Labute approximate surface area is 164 Å². The smallest absolute Gasteiger partial charge is 0.194 e. The molecule has 0 aromatic heterocycles. The molecule has 0 aliphatic carbocycles. The van der Waals surface area contributed by atoms with E-state index in [1.165, 1.54) is 12.1 Å². The van der Waals surface area contributed by atoms with Gasteiger partial charge in [-0.15, -0.1) is 0 Å². The minimum atomic E-state index is -0.423. The summed E-state index contributed by atoms with van der Waals surface area (Å²) in [4.78, 5) is 8.37. The molecule has 0 spiro atoms. The van der Waals surface area contributed by atoms with Crippen LogP contribution in [-0.2, 0) is 17.9 Å². The predicted molar refractivity (Wildman–Crippen MR) is 107 cm³/mol. The molecule has 1 saturated heterocycles. The van der Waals surface area contributed by atoms with Gasteiger partial charge >= 0.3 is 0 Å². The summed E-state index contributed by atoms with van der Waals surface area (Å²) >= 11 is 0. The lowest BCUT2D eigenvalue weighted by Gasteiger charge is -2.37. The van der Waals surface area contributed by atoms with E-state index in [1.54, 1.807) is 14.2 Å². The molecular weight excluding hydrogens is 362 g/mol. The van der Waals surface area contributed by atoms with Crippen molar-refractivity contribution < 1.29 is 13.5 Å². The number of anilines is 1. The van der Waals surface area contributed by atoms with Crippen molar-refractivity contribution in [3.63, 3.8) is 0 Å². The zero-order valence-corrected chi connectivity index (χ0v) is 16.3. The van der Waals surface area contributed by atoms with Gasteiger partial charge in [0.2, 0.25) is 0 Å². The van der Waals surface area contributed by atoms with E-state index < -0.39 is 11.6 Å². The summed E-state index contributed by atoms with van der Waals surface area (Å²) in [6, 6.07) is 11.8. The maximum absolute atomic E-state index is 14.0. The molecule has 1 fully saturated rings. The Hall–Kier alpha value is -2.67. The van der Waals surface area contributed by atoms with Crippen LogP contribution in [0.3, 0.4) is 0 Å². The minimum absolute atomic E-state index is 0.318. The van der Waals surface area contributed by atoms with Crippen molar-refractivity contribution in [3.05, 3.63) is 65.2 Å². The first kappa shape index (κ1) is 20.1. The fourth-order valence-electron chi connectivity index (χ4n) is 3.32. The number of guanidine groups is 1. The Balaban J connectivity index is 1.54. The van der Waals surface area contributed by atoms with Gasteiger partial charge < -0.3 is 19.9 Å². The largest absolute Gasteiger partial charge is 0.380 e. The van der Waals surface area contributed by atoms with Crippen molar-refractivity contribution >= 4 is 11.6 Å². The van der Waals surface area contributed by atoms with E-state index in [2.05, 4.69) is 39.5 Å². The van der Waals surface area contributed by atoms with E-state index in [0.29, 0.717) is 45.0 Å². The van der Waals surface area contributed by atoms with Crippen LogP contribution in [0.4, 0.5) is 14.5 Å². The summed E-state index contributed by atoms with van der Waals surface area (Å²) < 4.78 is 32.6. The summed E-state index contributed by atoms with van der Waals surface area (Å²) in [6.45, 7) is 3.84. The average molecular weight is 388 g/mol. The molecule has 0 saturated carbocycles. The predicted octanol–water partition coefficient (Wildman–Crippen LogP) is 3.01. The summed E-state index contributed by atoms with van der Waals surface area (Å²) in [5.41, 5.74) is 2.61. The number of nitrogens with one attached hydrogen (secondary N) is 1. The van der Waals surface area contributed by atoms with Crippen LogP contribution in [0, 0.1) is 11.6 Å². The van der Waals surface area contributed by atoms with Crippen molar-refractivity contribution in [1.29, 1.82) is 0 Å². The molecule has 0 atom stereocenters. The number of halogens is 2. The molecule has 150 valence electrons. The Morgan fingerprint density at radius 3 is 2.36 bits per heavy atom. The van der Waals surface area contributed by atoms with Crippen LogP contribution in [0.15, 0.2) is 47.5 Å². The number of hydrogen-bond acceptors (Lipinski definition) is 3. The summed E-state index contributed by atoms with van der Waals surface area (Å²) in [6.07, 6.45) is 0. The van der Waals surface area contributed by atoms with Gasteiger partial charge in [-0.05, 0) is 23.3 Å². The monoisotopic (exact) mass is 388 g/mol. The molecular formula is C21H26F2N4O. The van der Waals surface area contributed by atoms with Crippen molar-refractivity contribution in [2.45, 2.75) is 13.2 Å². The van der Waals surface area contributed by atoms with Gasteiger partial charge in [0.15, 0.2) is 5.96 Å². The first-order valence-corrected chi connectivity index (χ1v) is 9.33. The molecule has 1 N–H and O–H groups in total. The fraction of sp³-hybridized carbons (Fsp3) is 0.381. The van der Waals surface area contributed by atoms with E-state index in [0.717, 1.165) is 23.2 Å². The lowest BCUT2D eigenvalue weighted by atomic mass is 10.1. The zero-order chi connectivity index (χ0) is 19.9. The third-order valence-corrected chi connectivity index (χ3v) is 4.82. The first-order valence-electron chi connectivity index (χ1n) is 9.33. The van der Waals surface area contributed by atoms with Gasteiger partial charge in [-0.3, -0.25) is 4.99 Å². The van der Waals surface area contributed by atoms with Gasteiger partial charge in [-0.2, -0.15) is 0 Å². The number of methoxy groups -OCH3 is 1. The van der Waals surface area contributed by atoms with Gasteiger partial charge in [0.25, 0.3) is 0 Å². The molecule has 2 aromatic carbocycles. The number of aliphatic imine (C=N–C) groups is 1. The third-order valence-electron chi connectivity index (χ3n) is 4.82. The molecule has 7 heteroatoms. The van der Waals surface area contributed by atoms with E-state index >= 15 is 0 Å². The highest BCUT2D eigenvalue weighted by Crippen LogP contribution is 2.22. The Bertz CT molecular complexity index is 803. The van der Waals surface area contributed by atoms with Gasteiger partial charge in [-0.25, -0.2) is 8.78 Å². The summed E-state index contributed by atoms with van der Waals surface area (Å²) in [5, 5.41) is 3.37. The highest BCUT2D eigenvalue weighted by atomic mass is 19.1. The van der Waals surface area contributed by atoms with Gasteiger partial charge in [0, 0.05) is 52.9 Å². The van der Waals surface area contributed by atoms with Crippen molar-refractivity contribution in [2.24, 2.45) is 4.99 Å². The van der Waals surface area contributed by atoms with E-state index in [9.17, 15) is 8.78 Å². The molecule has 1 heterocycles. The molecule has 3 rings (SSSR count). The molecule has 1 aliphatic heterocycles. The normalized spacial score (nSPS) is 15.1. The number of hydrogen-bond donors (Lipinski definition) is 1. The number of rotatable bonds is 5. The molecule has 5 nitrogen and oxygen atoms in total. The van der Waals surface area contributed by atoms with E-state index in [4.69, 9.17) is 4.74 Å². The quantitative estimate of drug-likeness (QED) is 0.632. The van der Waals surface area contributed by atoms with Gasteiger partial charge in [-0.1, -0.05) is 24.3 Å². The van der Waals surface area contributed by atoms with Crippen LogP contribution >= 0.6 is 0 Å². The van der Waals surface area contributed by atoms with Crippen LogP contribution in [-0.4, -0.2) is 51.2 Å². The molecule has 2 aromatic rings. The van der Waals surface area contributed by atoms with Gasteiger partial charge in [0.1, 0.15) is 11.6 Å². The molecule has 0 bridgehead atoms. The Morgan fingerprint density at radius 2 is 1.71 bits per heavy atom. The minimum Gasteiger partial charge on any atom is -0.380 e. The van der Waals surface area contributed by atoms with Crippen LogP contribution in [0.25, 0.3) is 0 Å². The van der Waals surface area contributed by atoms with Crippen LogP contribution in [0.2, 0.25) is 0 Å². The number of nitrogens with zero attached hydrogens (tertiary/aromatic N) is 3. The fourth-order valence-corrected chi connectivity index (χ4v) is 3.32. The summed E-state index contributed by atoms with van der Waals surface area (Å²) in [5.74, 6) is -0.0116. The number of ether oxygens (including phenoxy) is 1. The van der Waals surface area contributed by atoms with Crippen molar-refractivity contribution in [2.75, 3.05) is 45.2 Å². The maximum Gasteiger partial charge on any atom is 0.194 e. The molecule has 0 radical (unpaired) electrons. The Kier molecular flexibility index (Phi) is 6.81. The van der Waals surface area contributed by atoms with E-state index in [-0.39, 0.29) is 0 Å². The zero-order valence-electron chi connectivity index (χ0n) is 16.3. The first-order chi connectivity index (χ1) is 13.6. The van der Waals surface area contributed by atoms with Crippen LogP contribution < -0.4 is 10.2 Å².